The van der Waals surface area contributed by atoms with Crippen molar-refractivity contribution in [2.75, 3.05) is 0 Å². The Hall–Kier alpha value is -0.690. The fraction of sp³-hybridized carbons (Fsp3) is 0.429. The molecule has 0 aliphatic rings. The summed E-state index contributed by atoms with van der Waals surface area (Å²) in [7, 11) is 0. The molecule has 1 heterocycles. The number of hydrogen-bond donors (Lipinski definition) is 1. The highest BCUT2D eigenvalue weighted by molar-refractivity contribution is 7.07. The summed E-state index contributed by atoms with van der Waals surface area (Å²) in [6.45, 7) is 0. The maximum Gasteiger partial charge on any atom is 0.456 e. The van der Waals surface area contributed by atoms with Crippen LogP contribution in [-0.2, 0) is 0 Å². The van der Waals surface area contributed by atoms with E-state index in [9.17, 15) is 22.0 Å². The Kier molecular flexibility index (Phi) is 2.82. The Bertz CT molecular complexity index is 292. The van der Waals surface area contributed by atoms with Crippen molar-refractivity contribution in [3.63, 3.8) is 0 Å². The number of alkyl halides is 5. The molecule has 0 bridgehead atoms. The lowest BCUT2D eigenvalue weighted by atomic mass is 10.1. The van der Waals surface area contributed by atoms with E-state index in [4.69, 9.17) is 5.11 Å². The first kappa shape index (κ1) is 11.4. The summed E-state index contributed by atoms with van der Waals surface area (Å²) < 4.78 is 60.3. The van der Waals surface area contributed by atoms with Crippen LogP contribution in [0.15, 0.2) is 16.8 Å². The molecular weight excluding hydrogens is 227 g/mol. The van der Waals surface area contributed by atoms with Crippen LogP contribution in [-0.4, -0.2) is 17.2 Å². The van der Waals surface area contributed by atoms with Crippen molar-refractivity contribution in [3.8, 4) is 0 Å². The summed E-state index contributed by atoms with van der Waals surface area (Å²) in [5.41, 5.74) is -0.433. The van der Waals surface area contributed by atoms with Crippen molar-refractivity contribution in [1.29, 1.82) is 0 Å². The Morgan fingerprint density at radius 3 is 2.14 bits per heavy atom. The minimum atomic E-state index is -5.74. The third kappa shape index (κ3) is 1.88. The van der Waals surface area contributed by atoms with Crippen LogP contribution in [0.25, 0.3) is 0 Å². The number of rotatable bonds is 2. The largest absolute Gasteiger partial charge is 0.456 e. The van der Waals surface area contributed by atoms with Crippen molar-refractivity contribution in [1.82, 2.24) is 0 Å². The van der Waals surface area contributed by atoms with Crippen molar-refractivity contribution >= 4 is 11.3 Å². The molecule has 0 amide bonds. The van der Waals surface area contributed by atoms with Gasteiger partial charge < -0.3 is 5.11 Å². The lowest BCUT2D eigenvalue weighted by Gasteiger charge is -2.24. The van der Waals surface area contributed by atoms with E-state index >= 15 is 0 Å². The van der Waals surface area contributed by atoms with E-state index < -0.39 is 23.8 Å². The van der Waals surface area contributed by atoms with E-state index in [-0.39, 0.29) is 0 Å². The van der Waals surface area contributed by atoms with E-state index in [1.54, 1.807) is 0 Å². The lowest BCUT2D eigenvalue weighted by molar-refractivity contribution is -0.315. The molecule has 1 unspecified atom stereocenters. The minimum absolute atomic E-state index is 0.433. The maximum absolute atomic E-state index is 12.5. The van der Waals surface area contributed by atoms with Gasteiger partial charge in [-0.25, -0.2) is 0 Å². The summed E-state index contributed by atoms with van der Waals surface area (Å²) in [5.74, 6) is -5.12. The predicted octanol–water partition coefficient (Wildman–Crippen LogP) is 2.98. The van der Waals surface area contributed by atoms with Crippen LogP contribution in [0.4, 0.5) is 22.0 Å². The van der Waals surface area contributed by atoms with E-state index in [1.807, 2.05) is 0 Å². The van der Waals surface area contributed by atoms with E-state index in [0.717, 1.165) is 22.8 Å². The molecule has 80 valence electrons. The highest BCUT2D eigenvalue weighted by Crippen LogP contribution is 2.44. The number of aliphatic hydroxyl groups excluding tert-OH is 1. The van der Waals surface area contributed by atoms with Crippen LogP contribution in [0.5, 0.6) is 0 Å². The first-order valence-electron chi connectivity index (χ1n) is 3.41. The average molecular weight is 232 g/mol. The zero-order valence-corrected chi connectivity index (χ0v) is 7.37. The topological polar surface area (TPSA) is 20.2 Å². The molecule has 0 aliphatic heterocycles. The summed E-state index contributed by atoms with van der Waals surface area (Å²) in [4.78, 5) is 0. The molecule has 1 N–H and O–H groups in total. The quantitative estimate of drug-likeness (QED) is 0.777. The zero-order valence-electron chi connectivity index (χ0n) is 6.55. The summed E-state index contributed by atoms with van der Waals surface area (Å²) in [6, 6.07) is 1.02. The van der Waals surface area contributed by atoms with Gasteiger partial charge in [0.05, 0.1) is 0 Å². The van der Waals surface area contributed by atoms with Crippen molar-refractivity contribution in [2.24, 2.45) is 0 Å². The van der Waals surface area contributed by atoms with E-state index in [1.165, 1.54) is 5.38 Å². The van der Waals surface area contributed by atoms with Gasteiger partial charge in [-0.15, -0.1) is 0 Å². The molecule has 1 atom stereocenters. The molecule has 14 heavy (non-hydrogen) atoms. The Morgan fingerprint density at radius 2 is 1.79 bits per heavy atom. The van der Waals surface area contributed by atoms with Gasteiger partial charge in [-0.1, -0.05) is 0 Å². The number of aliphatic hydroxyl groups is 1. The van der Waals surface area contributed by atoms with E-state index in [2.05, 4.69) is 0 Å². The molecular formula is C7H5F5OS. The fourth-order valence-corrected chi connectivity index (χ4v) is 1.47. The molecule has 1 aromatic rings. The molecule has 0 saturated carbocycles. The van der Waals surface area contributed by atoms with Gasteiger partial charge in [-0.3, -0.25) is 0 Å². The SMILES string of the molecule is OC(c1ccsc1)C(F)(F)C(F)(F)F. The third-order valence-corrected chi connectivity index (χ3v) is 2.28. The maximum atomic E-state index is 12.5. The molecule has 0 aromatic carbocycles. The van der Waals surface area contributed by atoms with Crippen LogP contribution >= 0.6 is 11.3 Å². The third-order valence-electron chi connectivity index (χ3n) is 1.58. The number of thiophene rings is 1. The first-order valence-corrected chi connectivity index (χ1v) is 4.36. The molecule has 0 aliphatic carbocycles. The van der Waals surface area contributed by atoms with Gasteiger partial charge in [-0.05, 0) is 22.4 Å². The highest BCUT2D eigenvalue weighted by Gasteiger charge is 2.62. The Labute approximate surface area is 79.8 Å². The fourth-order valence-electron chi connectivity index (χ4n) is 0.795. The normalized spacial score (nSPS) is 15.6. The van der Waals surface area contributed by atoms with Crippen molar-refractivity contribution in [2.45, 2.75) is 18.2 Å². The van der Waals surface area contributed by atoms with Gasteiger partial charge in [0.15, 0.2) is 6.10 Å². The Morgan fingerprint density at radius 1 is 1.21 bits per heavy atom. The number of hydrogen-bond acceptors (Lipinski definition) is 2. The highest BCUT2D eigenvalue weighted by atomic mass is 32.1. The van der Waals surface area contributed by atoms with Crippen LogP contribution in [0.3, 0.4) is 0 Å². The van der Waals surface area contributed by atoms with Gasteiger partial charge in [0.25, 0.3) is 0 Å². The molecule has 1 aromatic heterocycles. The molecule has 0 saturated heterocycles. The summed E-state index contributed by atoms with van der Waals surface area (Å²) >= 11 is 0.934. The van der Waals surface area contributed by atoms with Crippen LogP contribution in [0, 0.1) is 0 Å². The predicted molar refractivity (Wildman–Crippen MR) is 40.3 cm³/mol. The minimum Gasteiger partial charge on any atom is -0.382 e. The zero-order chi connectivity index (χ0) is 11.0. The van der Waals surface area contributed by atoms with Crippen LogP contribution in [0.2, 0.25) is 0 Å². The van der Waals surface area contributed by atoms with Gasteiger partial charge in [0.1, 0.15) is 0 Å². The summed E-state index contributed by atoms with van der Waals surface area (Å²) in [6.07, 6.45) is -8.58. The smallest absolute Gasteiger partial charge is 0.382 e. The molecule has 0 spiro atoms. The molecule has 1 nitrogen and oxygen atoms in total. The van der Waals surface area contributed by atoms with Crippen LogP contribution in [0.1, 0.15) is 11.7 Å². The van der Waals surface area contributed by atoms with Crippen LogP contribution < -0.4 is 0 Å². The van der Waals surface area contributed by atoms with E-state index in [0.29, 0.717) is 0 Å². The van der Waals surface area contributed by atoms with Crippen molar-refractivity contribution < 1.29 is 27.1 Å². The lowest BCUT2D eigenvalue weighted by Crippen LogP contribution is -2.41. The molecule has 0 radical (unpaired) electrons. The second-order valence-electron chi connectivity index (χ2n) is 2.58. The monoisotopic (exact) mass is 232 g/mol. The van der Waals surface area contributed by atoms with Gasteiger partial charge in [-0.2, -0.15) is 33.3 Å². The molecule has 7 heteroatoms. The summed E-state index contributed by atoms with van der Waals surface area (Å²) in [5, 5.41) is 11.2. The average Bonchev–Trinajstić information content (AvgIpc) is 2.52. The second kappa shape index (κ2) is 3.47. The molecule has 0 fully saturated rings. The van der Waals surface area contributed by atoms with Gasteiger partial charge >= 0.3 is 12.1 Å². The molecule has 1 rings (SSSR count). The first-order chi connectivity index (χ1) is 6.27. The van der Waals surface area contributed by atoms with Crippen molar-refractivity contribution in [3.05, 3.63) is 22.4 Å². The second-order valence-corrected chi connectivity index (χ2v) is 3.36. The Balaban J connectivity index is 2.94. The standard InChI is InChI=1S/C7H5F5OS/c8-6(9,7(10,11)12)5(13)4-1-2-14-3-4/h1-3,5,13H. The number of halogens is 5. The van der Waals surface area contributed by atoms with Gasteiger partial charge in [0, 0.05) is 0 Å². The van der Waals surface area contributed by atoms with Gasteiger partial charge in [0.2, 0.25) is 0 Å².